The summed E-state index contributed by atoms with van der Waals surface area (Å²) >= 11 is 3.40. The van der Waals surface area contributed by atoms with Crippen molar-refractivity contribution >= 4 is 27.9 Å². The molecule has 1 aliphatic heterocycles. The third kappa shape index (κ3) is 3.07. The fourth-order valence-corrected chi connectivity index (χ4v) is 2.51. The van der Waals surface area contributed by atoms with Crippen molar-refractivity contribution < 1.29 is 9.53 Å². The molecule has 0 aliphatic carbocycles. The van der Waals surface area contributed by atoms with E-state index < -0.39 is 0 Å². The van der Waals surface area contributed by atoms with Gasteiger partial charge in [-0.25, -0.2) is 0 Å². The molecule has 0 amide bonds. The smallest absolute Gasteiger partial charge is 0.151 e. The molecular weight excluding hydrogens is 282 g/mol. The number of likely N-dealkylation sites (N-methyl/N-ethyl adjacent to an activating group) is 1. The van der Waals surface area contributed by atoms with Crippen molar-refractivity contribution in [3.8, 4) is 0 Å². The maximum atomic E-state index is 10.7. The molecular formula is C13H16BrNO2. The molecule has 0 aromatic heterocycles. The summed E-state index contributed by atoms with van der Waals surface area (Å²) in [5.74, 6) is 0. The van der Waals surface area contributed by atoms with Crippen LogP contribution in [-0.4, -0.2) is 32.6 Å². The first-order chi connectivity index (χ1) is 8.20. The third-order valence-corrected chi connectivity index (χ3v) is 3.74. The molecule has 1 fully saturated rings. The minimum atomic E-state index is 0.338. The highest BCUT2D eigenvalue weighted by molar-refractivity contribution is 9.10. The lowest BCUT2D eigenvalue weighted by molar-refractivity contribution is 0.112. The number of carbonyl (C=O) groups is 1. The van der Waals surface area contributed by atoms with Gasteiger partial charge in [0.2, 0.25) is 0 Å². The number of aldehydes is 1. The molecule has 3 nitrogen and oxygen atoms in total. The van der Waals surface area contributed by atoms with E-state index in [1.807, 2.05) is 25.2 Å². The van der Waals surface area contributed by atoms with Gasteiger partial charge in [0.25, 0.3) is 0 Å². The molecule has 1 unspecified atom stereocenters. The zero-order valence-electron chi connectivity index (χ0n) is 9.86. The predicted octanol–water partition coefficient (Wildman–Crippen LogP) is 2.88. The van der Waals surface area contributed by atoms with Gasteiger partial charge in [0.15, 0.2) is 6.29 Å². The second-order valence-corrected chi connectivity index (χ2v) is 5.19. The van der Waals surface area contributed by atoms with E-state index in [1.54, 1.807) is 0 Å². The van der Waals surface area contributed by atoms with Crippen molar-refractivity contribution in [2.75, 3.05) is 25.1 Å². The summed E-state index contributed by atoms with van der Waals surface area (Å²) in [7, 11) is 2.05. The van der Waals surface area contributed by atoms with Crippen LogP contribution < -0.4 is 4.90 Å². The monoisotopic (exact) mass is 297 g/mol. The van der Waals surface area contributed by atoms with Gasteiger partial charge in [-0.3, -0.25) is 4.79 Å². The highest BCUT2D eigenvalue weighted by Crippen LogP contribution is 2.24. The van der Waals surface area contributed by atoms with Gasteiger partial charge in [-0.15, -0.1) is 0 Å². The molecule has 2 rings (SSSR count). The molecule has 1 heterocycles. The zero-order valence-corrected chi connectivity index (χ0v) is 11.4. The standard InChI is InChI=1S/C13H16BrNO2/c1-15(8-12-3-2-6-17-12)11-5-4-10(9-16)13(14)7-11/h4-5,7,9,12H,2-3,6,8H2,1H3. The Hall–Kier alpha value is -0.870. The lowest BCUT2D eigenvalue weighted by Gasteiger charge is -2.23. The number of carbonyl (C=O) groups excluding carboxylic acids is 1. The Balaban J connectivity index is 2.05. The third-order valence-electron chi connectivity index (χ3n) is 3.05. The van der Waals surface area contributed by atoms with Crippen LogP contribution in [0, 0.1) is 0 Å². The van der Waals surface area contributed by atoms with Crippen molar-refractivity contribution in [1.29, 1.82) is 0 Å². The van der Waals surface area contributed by atoms with Crippen LogP contribution in [0.15, 0.2) is 22.7 Å². The molecule has 0 saturated carbocycles. The Kier molecular flexibility index (Phi) is 4.18. The maximum absolute atomic E-state index is 10.7. The largest absolute Gasteiger partial charge is 0.376 e. The number of anilines is 1. The lowest BCUT2D eigenvalue weighted by Crippen LogP contribution is -2.28. The average Bonchev–Trinajstić information content (AvgIpc) is 2.81. The van der Waals surface area contributed by atoms with Crippen molar-refractivity contribution in [1.82, 2.24) is 0 Å². The van der Waals surface area contributed by atoms with Gasteiger partial charge in [0.1, 0.15) is 0 Å². The van der Waals surface area contributed by atoms with Gasteiger partial charge >= 0.3 is 0 Å². The fourth-order valence-electron chi connectivity index (χ4n) is 2.05. The molecule has 0 radical (unpaired) electrons. The minimum absolute atomic E-state index is 0.338. The van der Waals surface area contributed by atoms with Crippen LogP contribution in [0.2, 0.25) is 0 Å². The van der Waals surface area contributed by atoms with Gasteiger partial charge < -0.3 is 9.64 Å². The van der Waals surface area contributed by atoms with E-state index in [0.29, 0.717) is 11.7 Å². The van der Waals surface area contributed by atoms with E-state index >= 15 is 0 Å². The second-order valence-electron chi connectivity index (χ2n) is 4.34. The fraction of sp³-hybridized carbons (Fsp3) is 0.462. The SMILES string of the molecule is CN(CC1CCCO1)c1ccc(C=O)c(Br)c1. The van der Waals surface area contributed by atoms with E-state index in [2.05, 4.69) is 20.8 Å². The highest BCUT2D eigenvalue weighted by Gasteiger charge is 2.17. The van der Waals surface area contributed by atoms with Gasteiger partial charge in [-0.1, -0.05) is 0 Å². The Morgan fingerprint density at radius 1 is 1.59 bits per heavy atom. The lowest BCUT2D eigenvalue weighted by atomic mass is 10.2. The minimum Gasteiger partial charge on any atom is -0.376 e. The molecule has 1 atom stereocenters. The molecule has 0 bridgehead atoms. The number of benzene rings is 1. The number of nitrogens with zero attached hydrogens (tertiary/aromatic N) is 1. The van der Waals surface area contributed by atoms with Gasteiger partial charge in [-0.05, 0) is 47.0 Å². The first kappa shape index (κ1) is 12.6. The average molecular weight is 298 g/mol. The Bertz CT molecular complexity index is 402. The van der Waals surface area contributed by atoms with Crippen LogP contribution in [0.4, 0.5) is 5.69 Å². The maximum Gasteiger partial charge on any atom is 0.151 e. The number of ether oxygens (including phenoxy) is 1. The van der Waals surface area contributed by atoms with Gasteiger partial charge in [0.05, 0.1) is 6.10 Å². The van der Waals surface area contributed by atoms with Crippen LogP contribution >= 0.6 is 15.9 Å². The van der Waals surface area contributed by atoms with E-state index in [0.717, 1.165) is 42.4 Å². The summed E-state index contributed by atoms with van der Waals surface area (Å²) in [5.41, 5.74) is 1.78. The van der Waals surface area contributed by atoms with Crippen LogP contribution in [0.3, 0.4) is 0 Å². The van der Waals surface area contributed by atoms with E-state index in [-0.39, 0.29) is 0 Å². The molecule has 0 spiro atoms. The zero-order chi connectivity index (χ0) is 12.3. The second kappa shape index (κ2) is 5.65. The summed E-state index contributed by atoms with van der Waals surface area (Å²) < 4.78 is 6.45. The first-order valence-corrected chi connectivity index (χ1v) is 6.57. The highest BCUT2D eigenvalue weighted by atomic mass is 79.9. The predicted molar refractivity (Wildman–Crippen MR) is 71.8 cm³/mol. The van der Waals surface area contributed by atoms with Crippen LogP contribution in [0.1, 0.15) is 23.2 Å². The summed E-state index contributed by atoms with van der Waals surface area (Å²) in [6.07, 6.45) is 3.49. The summed E-state index contributed by atoms with van der Waals surface area (Å²) in [4.78, 5) is 12.9. The summed E-state index contributed by atoms with van der Waals surface area (Å²) in [6.45, 7) is 1.78. The normalized spacial score (nSPS) is 19.3. The quantitative estimate of drug-likeness (QED) is 0.801. The number of hydrogen-bond donors (Lipinski definition) is 0. The Labute approximate surface area is 110 Å². The Morgan fingerprint density at radius 3 is 3.00 bits per heavy atom. The Morgan fingerprint density at radius 2 is 2.41 bits per heavy atom. The van der Waals surface area contributed by atoms with Crippen molar-refractivity contribution in [2.45, 2.75) is 18.9 Å². The number of hydrogen-bond acceptors (Lipinski definition) is 3. The van der Waals surface area contributed by atoms with Gasteiger partial charge in [0, 0.05) is 35.9 Å². The molecule has 1 aliphatic rings. The molecule has 1 aromatic carbocycles. The number of halogens is 1. The molecule has 1 aromatic rings. The molecule has 92 valence electrons. The van der Waals surface area contributed by atoms with Crippen molar-refractivity contribution in [3.05, 3.63) is 28.2 Å². The summed E-state index contributed by atoms with van der Waals surface area (Å²) in [6, 6.07) is 5.76. The van der Waals surface area contributed by atoms with Crippen LogP contribution in [0.25, 0.3) is 0 Å². The van der Waals surface area contributed by atoms with Crippen LogP contribution in [0.5, 0.6) is 0 Å². The molecule has 1 saturated heterocycles. The van der Waals surface area contributed by atoms with E-state index in [9.17, 15) is 4.79 Å². The van der Waals surface area contributed by atoms with E-state index in [1.165, 1.54) is 0 Å². The molecule has 0 N–H and O–H groups in total. The van der Waals surface area contributed by atoms with Crippen molar-refractivity contribution in [3.63, 3.8) is 0 Å². The topological polar surface area (TPSA) is 29.5 Å². The van der Waals surface area contributed by atoms with Crippen molar-refractivity contribution in [2.24, 2.45) is 0 Å². The first-order valence-electron chi connectivity index (χ1n) is 5.78. The summed E-state index contributed by atoms with van der Waals surface area (Å²) in [5, 5.41) is 0. The molecule has 17 heavy (non-hydrogen) atoms. The van der Waals surface area contributed by atoms with Crippen LogP contribution in [-0.2, 0) is 4.74 Å². The molecule has 4 heteroatoms. The van der Waals surface area contributed by atoms with Gasteiger partial charge in [-0.2, -0.15) is 0 Å². The number of rotatable bonds is 4. The van der Waals surface area contributed by atoms with E-state index in [4.69, 9.17) is 4.74 Å².